The van der Waals surface area contributed by atoms with Crippen LogP contribution in [-0.4, -0.2) is 28.3 Å². The molecule has 2 N–H and O–H groups in total. The van der Waals surface area contributed by atoms with Gasteiger partial charge in [0.1, 0.15) is 0 Å². The largest absolute Gasteiger partial charge is 0.498 e. The predicted molar refractivity (Wildman–Crippen MR) is 155 cm³/mol. The molecule has 0 spiro atoms. The first-order chi connectivity index (χ1) is 17.2. The summed E-state index contributed by atoms with van der Waals surface area (Å²) in [7, 11) is -0.427. The summed E-state index contributed by atoms with van der Waals surface area (Å²) in [6.07, 6.45) is 22.5. The highest BCUT2D eigenvalue weighted by Gasteiger charge is 2.53. The maximum Gasteiger partial charge on any atom is 0.498 e. The number of rotatable bonds is 19. The Bertz CT molecular complexity index is 697. The third-order valence-electron chi connectivity index (χ3n) is 8.14. The number of hydrogen-bond donors (Lipinski definition) is 1. The Morgan fingerprint density at radius 3 is 1.28 bits per heavy atom. The fourth-order valence-corrected chi connectivity index (χ4v) is 5.06. The van der Waals surface area contributed by atoms with E-state index in [0.717, 1.165) is 42.5 Å². The lowest BCUT2D eigenvalue weighted by Crippen LogP contribution is -2.41. The van der Waals surface area contributed by atoms with Crippen molar-refractivity contribution >= 4 is 18.5 Å². The Kier molecular flexibility index (Phi) is 13.8. The number of aryl methyl sites for hydroxylation is 2. The topological polar surface area (TPSA) is 70.3 Å². The summed E-state index contributed by atoms with van der Waals surface area (Å²) in [6, 6.07) is 0. The molecule has 0 bridgehead atoms. The Balaban J connectivity index is 2.04. The Morgan fingerprint density at radius 1 is 0.583 bits per heavy atom. The molecule has 1 saturated heterocycles. The summed E-state index contributed by atoms with van der Waals surface area (Å²) >= 11 is 0. The van der Waals surface area contributed by atoms with Gasteiger partial charge in [-0.3, -0.25) is 0 Å². The van der Waals surface area contributed by atoms with Gasteiger partial charge in [0.25, 0.3) is 0 Å². The van der Waals surface area contributed by atoms with Crippen LogP contribution < -0.4 is 11.2 Å². The lowest BCUT2D eigenvalue weighted by atomic mass is 9.74. The first-order valence-corrected chi connectivity index (χ1v) is 15.2. The summed E-state index contributed by atoms with van der Waals surface area (Å²) in [4.78, 5) is 9.45. The molecule has 2 heterocycles. The first-order valence-electron chi connectivity index (χ1n) is 15.2. The molecule has 1 aromatic rings. The molecule has 0 amide bonds. The molecule has 5 nitrogen and oxygen atoms in total. The average molecular weight is 502 g/mol. The van der Waals surface area contributed by atoms with Gasteiger partial charge in [0.15, 0.2) is 0 Å². The molecule has 36 heavy (non-hydrogen) atoms. The van der Waals surface area contributed by atoms with Gasteiger partial charge in [-0.05, 0) is 53.4 Å². The minimum Gasteiger partial charge on any atom is -0.399 e. The number of aromatic nitrogens is 2. The zero-order valence-corrected chi connectivity index (χ0v) is 24.6. The Hall–Kier alpha value is -1.14. The van der Waals surface area contributed by atoms with Crippen LogP contribution in [0.15, 0.2) is 0 Å². The maximum atomic E-state index is 6.49. The normalized spacial score (nSPS) is 16.7. The first kappa shape index (κ1) is 31.1. The van der Waals surface area contributed by atoms with E-state index in [1.807, 2.05) is 0 Å². The standard InChI is InChI=1S/C30H56BN3O2/c1-7-9-11-13-15-17-19-21-23-25-27(31-35-29(3,4)30(5,6)36-31)26(34-28(32)33-25)24-22-20-18-16-14-12-10-8-2/h7-24H2,1-6H3,(H2,32,33,34). The van der Waals surface area contributed by atoms with Crippen LogP contribution in [0.4, 0.5) is 5.95 Å². The van der Waals surface area contributed by atoms with E-state index in [-0.39, 0.29) is 11.2 Å². The van der Waals surface area contributed by atoms with Crippen molar-refractivity contribution in [2.24, 2.45) is 0 Å². The monoisotopic (exact) mass is 501 g/mol. The maximum absolute atomic E-state index is 6.49. The fourth-order valence-electron chi connectivity index (χ4n) is 5.06. The number of nitrogens with zero attached hydrogens (tertiary/aromatic N) is 2. The van der Waals surface area contributed by atoms with Crippen LogP contribution in [0.25, 0.3) is 0 Å². The SMILES string of the molecule is CCCCCCCCCCc1nc(N)nc(CCCCCCCCCC)c1B1OC(C)(C)C(C)(C)O1. The Morgan fingerprint density at radius 2 is 0.917 bits per heavy atom. The quantitative estimate of drug-likeness (QED) is 0.155. The summed E-state index contributed by atoms with van der Waals surface area (Å²) in [5, 5.41) is 0. The minimum atomic E-state index is -0.427. The van der Waals surface area contributed by atoms with E-state index in [1.54, 1.807) is 0 Å². The van der Waals surface area contributed by atoms with Crippen LogP contribution in [0.5, 0.6) is 0 Å². The van der Waals surface area contributed by atoms with Crippen molar-refractivity contribution in [3.8, 4) is 0 Å². The molecule has 1 aromatic heterocycles. The summed E-state index contributed by atoms with van der Waals surface area (Å²) < 4.78 is 13.0. The second-order valence-electron chi connectivity index (χ2n) is 11.9. The van der Waals surface area contributed by atoms with Crippen LogP contribution in [0.1, 0.15) is 156 Å². The van der Waals surface area contributed by atoms with Crippen molar-refractivity contribution in [3.63, 3.8) is 0 Å². The molecular formula is C30H56BN3O2. The number of anilines is 1. The predicted octanol–water partition coefficient (Wildman–Crippen LogP) is 7.72. The molecule has 2 rings (SSSR count). The lowest BCUT2D eigenvalue weighted by molar-refractivity contribution is 0.00578. The highest BCUT2D eigenvalue weighted by atomic mass is 16.7. The van der Waals surface area contributed by atoms with E-state index in [2.05, 4.69) is 41.5 Å². The van der Waals surface area contributed by atoms with Crippen LogP contribution in [0, 0.1) is 0 Å². The molecule has 0 unspecified atom stereocenters. The van der Waals surface area contributed by atoms with Gasteiger partial charge in [-0.1, -0.05) is 104 Å². The van der Waals surface area contributed by atoms with E-state index < -0.39 is 7.12 Å². The van der Waals surface area contributed by atoms with Gasteiger partial charge >= 0.3 is 7.12 Å². The molecule has 0 aromatic carbocycles. The van der Waals surface area contributed by atoms with E-state index >= 15 is 0 Å². The molecule has 0 saturated carbocycles. The summed E-state index contributed by atoms with van der Waals surface area (Å²) in [5.41, 5.74) is 8.57. The lowest BCUT2D eigenvalue weighted by Gasteiger charge is -2.32. The van der Waals surface area contributed by atoms with Gasteiger partial charge in [0.2, 0.25) is 5.95 Å². The van der Waals surface area contributed by atoms with E-state index in [4.69, 9.17) is 25.0 Å². The van der Waals surface area contributed by atoms with E-state index in [1.165, 1.54) is 89.9 Å². The number of hydrogen-bond acceptors (Lipinski definition) is 5. The third kappa shape index (κ3) is 9.97. The van der Waals surface area contributed by atoms with Gasteiger partial charge < -0.3 is 15.0 Å². The van der Waals surface area contributed by atoms with Crippen molar-refractivity contribution < 1.29 is 9.31 Å². The van der Waals surface area contributed by atoms with Crippen LogP contribution >= 0.6 is 0 Å². The second kappa shape index (κ2) is 16.0. The van der Waals surface area contributed by atoms with E-state index in [0.29, 0.717) is 5.95 Å². The van der Waals surface area contributed by atoms with Gasteiger partial charge in [0, 0.05) is 16.9 Å². The van der Waals surface area contributed by atoms with Gasteiger partial charge in [-0.25, -0.2) is 9.97 Å². The fraction of sp³-hybridized carbons (Fsp3) is 0.867. The van der Waals surface area contributed by atoms with E-state index in [9.17, 15) is 0 Å². The van der Waals surface area contributed by atoms with Crippen LogP contribution in [0.2, 0.25) is 0 Å². The Labute approximate surface area is 223 Å². The molecule has 0 aliphatic carbocycles. The summed E-state index contributed by atoms with van der Waals surface area (Å²) in [5.74, 6) is 0.388. The van der Waals surface area contributed by atoms with Gasteiger partial charge in [0.05, 0.1) is 11.2 Å². The minimum absolute atomic E-state index is 0.384. The van der Waals surface area contributed by atoms with Crippen molar-refractivity contribution in [2.75, 3.05) is 5.73 Å². The molecular weight excluding hydrogens is 445 g/mol. The second-order valence-corrected chi connectivity index (χ2v) is 11.9. The molecule has 1 fully saturated rings. The molecule has 1 aliphatic heterocycles. The third-order valence-corrected chi connectivity index (χ3v) is 8.14. The molecule has 0 atom stereocenters. The number of unbranched alkanes of at least 4 members (excludes halogenated alkanes) is 14. The summed E-state index contributed by atoms with van der Waals surface area (Å²) in [6.45, 7) is 13.0. The molecule has 1 aliphatic rings. The molecule has 206 valence electrons. The van der Waals surface area contributed by atoms with Crippen LogP contribution in [-0.2, 0) is 22.2 Å². The molecule has 0 radical (unpaired) electrons. The highest BCUT2D eigenvalue weighted by Crippen LogP contribution is 2.37. The number of nitrogen functional groups attached to an aromatic ring is 1. The van der Waals surface area contributed by atoms with Crippen molar-refractivity contribution in [3.05, 3.63) is 11.4 Å². The van der Waals surface area contributed by atoms with Crippen molar-refractivity contribution in [1.29, 1.82) is 0 Å². The smallest absolute Gasteiger partial charge is 0.399 e. The molecule has 6 heteroatoms. The average Bonchev–Trinajstić information content (AvgIpc) is 3.03. The van der Waals surface area contributed by atoms with Crippen LogP contribution in [0.3, 0.4) is 0 Å². The number of nitrogens with two attached hydrogens (primary N) is 1. The van der Waals surface area contributed by atoms with Crippen molar-refractivity contribution in [2.45, 2.75) is 168 Å². The zero-order valence-electron chi connectivity index (χ0n) is 24.6. The highest BCUT2D eigenvalue weighted by molar-refractivity contribution is 6.63. The van der Waals surface area contributed by atoms with Gasteiger partial charge in [-0.2, -0.15) is 0 Å². The zero-order chi connectivity index (χ0) is 26.4. The van der Waals surface area contributed by atoms with Crippen molar-refractivity contribution in [1.82, 2.24) is 9.97 Å². The van der Waals surface area contributed by atoms with Gasteiger partial charge in [-0.15, -0.1) is 0 Å².